The first-order chi connectivity index (χ1) is 10.2. The number of nitrogens with one attached hydrogen (secondary N) is 2. The molecule has 0 spiro atoms. The van der Waals surface area contributed by atoms with Gasteiger partial charge in [-0.15, -0.1) is 6.58 Å². The summed E-state index contributed by atoms with van der Waals surface area (Å²) < 4.78 is 1.88. The maximum Gasteiger partial charge on any atom is 0.287 e. The van der Waals surface area contributed by atoms with E-state index in [1.807, 2.05) is 11.5 Å². The molecule has 2 rings (SSSR count). The standard InChI is InChI=1S/C15H22N4O2/c1-3-8-16-14(20)12-11-7-5-6-10-19(11)13(18-12)15(21)17-9-4-2/h4H,2-3,5-10H2,1H3,(H,16,20)(H,17,21). The van der Waals surface area contributed by atoms with Gasteiger partial charge in [-0.1, -0.05) is 13.0 Å². The number of carbonyl (C=O) groups is 2. The Morgan fingerprint density at radius 1 is 1.33 bits per heavy atom. The minimum Gasteiger partial charge on any atom is -0.351 e. The quantitative estimate of drug-likeness (QED) is 0.775. The summed E-state index contributed by atoms with van der Waals surface area (Å²) in [5.41, 5.74) is 1.27. The Morgan fingerprint density at radius 3 is 2.86 bits per heavy atom. The zero-order valence-electron chi connectivity index (χ0n) is 12.4. The Balaban J connectivity index is 2.29. The van der Waals surface area contributed by atoms with Crippen LogP contribution in [0.15, 0.2) is 12.7 Å². The molecule has 0 saturated heterocycles. The van der Waals surface area contributed by atoms with Gasteiger partial charge in [0.15, 0.2) is 5.82 Å². The molecule has 1 aromatic heterocycles. The lowest BCUT2D eigenvalue weighted by Gasteiger charge is -2.16. The highest BCUT2D eigenvalue weighted by Crippen LogP contribution is 2.21. The van der Waals surface area contributed by atoms with Crippen LogP contribution < -0.4 is 10.6 Å². The van der Waals surface area contributed by atoms with E-state index in [4.69, 9.17) is 0 Å². The number of hydrogen-bond acceptors (Lipinski definition) is 3. The molecular formula is C15H22N4O2. The summed E-state index contributed by atoms with van der Waals surface area (Å²) in [4.78, 5) is 28.6. The van der Waals surface area contributed by atoms with Crippen LogP contribution in [0.2, 0.25) is 0 Å². The first-order valence-electron chi connectivity index (χ1n) is 7.45. The Kier molecular flexibility index (Phi) is 5.14. The molecule has 1 aliphatic rings. The Bertz CT molecular complexity index is 548. The molecule has 114 valence electrons. The van der Waals surface area contributed by atoms with E-state index < -0.39 is 0 Å². The molecule has 0 atom stereocenters. The number of amides is 2. The second kappa shape index (κ2) is 7.06. The highest BCUT2D eigenvalue weighted by Gasteiger charge is 2.26. The van der Waals surface area contributed by atoms with Crippen LogP contribution in [0.25, 0.3) is 0 Å². The molecule has 0 radical (unpaired) electrons. The van der Waals surface area contributed by atoms with Crippen LogP contribution in [0.4, 0.5) is 0 Å². The van der Waals surface area contributed by atoms with E-state index in [1.165, 1.54) is 0 Å². The summed E-state index contributed by atoms with van der Waals surface area (Å²) in [5, 5.41) is 5.55. The van der Waals surface area contributed by atoms with Crippen molar-refractivity contribution in [3.8, 4) is 0 Å². The lowest BCUT2D eigenvalue weighted by molar-refractivity contribution is 0.0942. The fourth-order valence-electron chi connectivity index (χ4n) is 2.46. The van der Waals surface area contributed by atoms with Crippen LogP contribution in [-0.4, -0.2) is 34.5 Å². The van der Waals surface area contributed by atoms with Crippen molar-refractivity contribution in [3.05, 3.63) is 29.9 Å². The number of aromatic nitrogens is 2. The van der Waals surface area contributed by atoms with E-state index in [0.29, 0.717) is 24.6 Å². The lowest BCUT2D eigenvalue weighted by Crippen LogP contribution is -2.28. The fraction of sp³-hybridized carbons (Fsp3) is 0.533. The van der Waals surface area contributed by atoms with E-state index in [1.54, 1.807) is 6.08 Å². The molecule has 1 aromatic rings. The predicted octanol–water partition coefficient (Wildman–Crippen LogP) is 1.27. The van der Waals surface area contributed by atoms with Crippen molar-refractivity contribution in [2.24, 2.45) is 0 Å². The van der Waals surface area contributed by atoms with Gasteiger partial charge in [-0.2, -0.15) is 0 Å². The average molecular weight is 290 g/mol. The molecule has 6 nitrogen and oxygen atoms in total. The summed E-state index contributed by atoms with van der Waals surface area (Å²) in [6, 6.07) is 0. The molecule has 2 heterocycles. The second-order valence-electron chi connectivity index (χ2n) is 5.09. The monoisotopic (exact) mass is 290 g/mol. The van der Waals surface area contributed by atoms with Crippen LogP contribution in [0.5, 0.6) is 0 Å². The molecule has 1 aliphatic heterocycles. The molecular weight excluding hydrogens is 268 g/mol. The summed E-state index contributed by atoms with van der Waals surface area (Å²) in [6.07, 6.45) is 5.30. The maximum absolute atomic E-state index is 12.2. The van der Waals surface area contributed by atoms with Gasteiger partial charge in [0.05, 0.1) is 5.69 Å². The molecule has 0 unspecified atom stereocenters. The fourth-order valence-corrected chi connectivity index (χ4v) is 2.46. The highest BCUT2D eigenvalue weighted by molar-refractivity contribution is 5.97. The van der Waals surface area contributed by atoms with E-state index >= 15 is 0 Å². The highest BCUT2D eigenvalue weighted by atomic mass is 16.2. The first kappa shape index (κ1) is 15.3. The lowest BCUT2D eigenvalue weighted by atomic mass is 10.1. The molecule has 0 fully saturated rings. The topological polar surface area (TPSA) is 76.0 Å². The largest absolute Gasteiger partial charge is 0.351 e. The number of nitrogens with zero attached hydrogens (tertiary/aromatic N) is 2. The van der Waals surface area contributed by atoms with Crippen molar-refractivity contribution in [1.82, 2.24) is 20.2 Å². The van der Waals surface area contributed by atoms with Gasteiger partial charge in [-0.3, -0.25) is 9.59 Å². The Labute approximate surface area is 124 Å². The van der Waals surface area contributed by atoms with E-state index in [2.05, 4.69) is 22.2 Å². The van der Waals surface area contributed by atoms with Gasteiger partial charge in [0.25, 0.3) is 11.8 Å². The Hall–Kier alpha value is -2.11. The zero-order valence-corrected chi connectivity index (χ0v) is 12.4. The van der Waals surface area contributed by atoms with E-state index in [9.17, 15) is 9.59 Å². The smallest absolute Gasteiger partial charge is 0.287 e. The summed E-state index contributed by atoms with van der Waals surface area (Å²) >= 11 is 0. The number of fused-ring (bicyclic) bond motifs is 1. The number of imidazole rings is 1. The van der Waals surface area contributed by atoms with Gasteiger partial charge in [0, 0.05) is 19.6 Å². The third kappa shape index (κ3) is 3.32. The van der Waals surface area contributed by atoms with Crippen molar-refractivity contribution >= 4 is 11.8 Å². The molecule has 2 N–H and O–H groups in total. The molecule has 6 heteroatoms. The van der Waals surface area contributed by atoms with Crippen molar-refractivity contribution in [2.45, 2.75) is 39.2 Å². The molecule has 21 heavy (non-hydrogen) atoms. The third-order valence-electron chi connectivity index (χ3n) is 3.48. The van der Waals surface area contributed by atoms with Gasteiger partial charge < -0.3 is 15.2 Å². The van der Waals surface area contributed by atoms with Gasteiger partial charge in [0.1, 0.15) is 5.69 Å². The predicted molar refractivity (Wildman–Crippen MR) is 80.3 cm³/mol. The minimum atomic E-state index is -0.257. The van der Waals surface area contributed by atoms with Crippen LogP contribution in [-0.2, 0) is 13.0 Å². The SMILES string of the molecule is C=CCNC(=O)c1nc(C(=O)NCCC)c2n1CCCC2. The van der Waals surface area contributed by atoms with Crippen LogP contribution in [0.1, 0.15) is 53.0 Å². The van der Waals surface area contributed by atoms with Gasteiger partial charge in [-0.25, -0.2) is 4.98 Å². The zero-order chi connectivity index (χ0) is 15.2. The van der Waals surface area contributed by atoms with Gasteiger partial charge >= 0.3 is 0 Å². The maximum atomic E-state index is 12.2. The summed E-state index contributed by atoms with van der Waals surface area (Å²) in [7, 11) is 0. The second-order valence-corrected chi connectivity index (χ2v) is 5.09. The number of hydrogen-bond donors (Lipinski definition) is 2. The third-order valence-corrected chi connectivity index (χ3v) is 3.48. The minimum absolute atomic E-state index is 0.190. The molecule has 0 bridgehead atoms. The molecule has 0 saturated carbocycles. The van der Waals surface area contributed by atoms with Crippen molar-refractivity contribution in [1.29, 1.82) is 0 Å². The van der Waals surface area contributed by atoms with Gasteiger partial charge in [-0.05, 0) is 25.7 Å². The van der Waals surface area contributed by atoms with Crippen molar-refractivity contribution in [3.63, 3.8) is 0 Å². The van der Waals surface area contributed by atoms with Crippen molar-refractivity contribution < 1.29 is 9.59 Å². The summed E-state index contributed by atoms with van der Waals surface area (Å²) in [5.74, 6) is -0.119. The molecule has 2 amide bonds. The van der Waals surface area contributed by atoms with Crippen LogP contribution in [0, 0.1) is 0 Å². The van der Waals surface area contributed by atoms with E-state index in [0.717, 1.165) is 37.9 Å². The first-order valence-corrected chi connectivity index (χ1v) is 7.45. The normalized spacial score (nSPS) is 13.4. The number of rotatable bonds is 6. The molecule has 0 aliphatic carbocycles. The van der Waals surface area contributed by atoms with Crippen LogP contribution in [0.3, 0.4) is 0 Å². The average Bonchev–Trinajstić information content (AvgIpc) is 2.90. The number of carbonyl (C=O) groups excluding carboxylic acids is 2. The van der Waals surface area contributed by atoms with Crippen molar-refractivity contribution in [2.75, 3.05) is 13.1 Å². The molecule has 0 aromatic carbocycles. The van der Waals surface area contributed by atoms with Gasteiger partial charge in [0.2, 0.25) is 0 Å². The summed E-state index contributed by atoms with van der Waals surface area (Å²) in [6.45, 7) is 7.31. The Morgan fingerprint density at radius 2 is 2.14 bits per heavy atom. The van der Waals surface area contributed by atoms with E-state index in [-0.39, 0.29) is 11.8 Å². The van der Waals surface area contributed by atoms with Crippen LogP contribution >= 0.6 is 0 Å².